The van der Waals surface area contributed by atoms with Crippen molar-refractivity contribution in [2.24, 2.45) is 0 Å². The van der Waals surface area contributed by atoms with E-state index in [4.69, 9.17) is 9.53 Å². The largest absolute Gasteiger partial charge is 0.543 e. The van der Waals surface area contributed by atoms with Crippen molar-refractivity contribution in [2.45, 2.75) is 26.6 Å². The fourth-order valence-corrected chi connectivity index (χ4v) is 2.31. The van der Waals surface area contributed by atoms with Gasteiger partial charge in [-0.2, -0.15) is 0 Å². The molecule has 0 spiro atoms. The Morgan fingerprint density at radius 1 is 1.35 bits per heavy atom. The first kappa shape index (κ1) is 13.4. The summed E-state index contributed by atoms with van der Waals surface area (Å²) in [6.45, 7) is 7.56. The predicted molar refractivity (Wildman–Crippen MR) is 67.5 cm³/mol. The van der Waals surface area contributed by atoms with Crippen LogP contribution in [0.4, 0.5) is 0 Å². The second-order valence-electron chi connectivity index (χ2n) is 4.87. The Morgan fingerprint density at radius 3 is 2.35 bits per heavy atom. The maximum absolute atomic E-state index is 11.1. The third kappa shape index (κ3) is 3.42. The number of carbonyl (C=O) groups is 2. The van der Waals surface area contributed by atoms with E-state index in [9.17, 15) is 9.59 Å². The van der Waals surface area contributed by atoms with Crippen LogP contribution in [0.3, 0.4) is 0 Å². The van der Waals surface area contributed by atoms with E-state index in [2.05, 4.69) is 0 Å². The van der Waals surface area contributed by atoms with Gasteiger partial charge < -0.3 is 9.53 Å². The van der Waals surface area contributed by atoms with Gasteiger partial charge in [-0.3, -0.25) is 4.79 Å². The number of carboxylic acids is 1. The summed E-state index contributed by atoms with van der Waals surface area (Å²) in [5.74, 6) is -0.887. The van der Waals surface area contributed by atoms with Crippen LogP contribution in [-0.4, -0.2) is 25.7 Å². The van der Waals surface area contributed by atoms with E-state index in [-0.39, 0.29) is 11.3 Å². The second kappa shape index (κ2) is 4.71. The van der Waals surface area contributed by atoms with Crippen LogP contribution in [-0.2, 0) is 0 Å². The van der Waals surface area contributed by atoms with E-state index in [1.807, 2.05) is 19.6 Å². The summed E-state index contributed by atoms with van der Waals surface area (Å²) in [7, 11) is -1.96. The van der Waals surface area contributed by atoms with Crippen LogP contribution in [0.25, 0.3) is 0 Å². The summed E-state index contributed by atoms with van der Waals surface area (Å²) < 4.78 is 5.70. The number of rotatable bonds is 4. The smallest absolute Gasteiger partial charge is 0.339 e. The summed E-state index contributed by atoms with van der Waals surface area (Å²) >= 11 is 0. The number of hydrogen-bond acceptors (Lipinski definition) is 3. The van der Waals surface area contributed by atoms with E-state index in [1.165, 1.54) is 6.07 Å². The minimum Gasteiger partial charge on any atom is -0.543 e. The Balaban J connectivity index is 3.42. The average Bonchev–Trinajstić information content (AvgIpc) is 2.17. The molecule has 0 radical (unpaired) electrons. The number of benzene rings is 1. The molecule has 0 aliphatic heterocycles. The van der Waals surface area contributed by atoms with Crippen molar-refractivity contribution < 1.29 is 19.1 Å². The summed E-state index contributed by atoms with van der Waals surface area (Å²) in [5, 5.41) is 9.13. The lowest BCUT2D eigenvalue weighted by molar-refractivity contribution is 0.0694. The summed E-state index contributed by atoms with van der Waals surface area (Å²) in [6, 6.07) is 3.15. The van der Waals surface area contributed by atoms with Gasteiger partial charge in [0.1, 0.15) is 11.3 Å². The van der Waals surface area contributed by atoms with Gasteiger partial charge in [0.25, 0.3) is 0 Å². The minimum absolute atomic E-state index is 0.0505. The average molecular weight is 252 g/mol. The van der Waals surface area contributed by atoms with Gasteiger partial charge in [0, 0.05) is 0 Å². The third-order valence-corrected chi connectivity index (χ3v) is 2.84. The zero-order chi connectivity index (χ0) is 13.2. The zero-order valence-electron chi connectivity index (χ0n) is 10.4. The number of carboxylic acid groups (broad SMARTS) is 1. The molecule has 0 saturated carbocycles. The molecule has 0 atom stereocenters. The fourth-order valence-electron chi connectivity index (χ4n) is 1.47. The van der Waals surface area contributed by atoms with Gasteiger partial charge in [0.15, 0.2) is 6.29 Å². The van der Waals surface area contributed by atoms with Gasteiger partial charge in [0.05, 0.1) is 5.56 Å². The number of aldehydes is 1. The van der Waals surface area contributed by atoms with Gasteiger partial charge >= 0.3 is 5.97 Å². The van der Waals surface area contributed by atoms with Gasteiger partial charge in [-0.15, -0.1) is 0 Å². The first-order valence-electron chi connectivity index (χ1n) is 5.27. The van der Waals surface area contributed by atoms with Crippen molar-refractivity contribution in [3.8, 4) is 5.75 Å². The molecule has 0 bridgehead atoms. The molecule has 0 heterocycles. The molecule has 4 nitrogen and oxygen atoms in total. The van der Waals surface area contributed by atoms with E-state index in [1.54, 1.807) is 13.0 Å². The highest BCUT2D eigenvalue weighted by Crippen LogP contribution is 2.27. The standard InChI is InChI=1S/C12H16O4Si/c1-8-5-9(7-13)11(16-17(2,3)4)10(6-8)12(14)15/h5-7H,1-4H3,(H,14,15). The van der Waals surface area contributed by atoms with Crippen molar-refractivity contribution in [1.29, 1.82) is 0 Å². The Kier molecular flexibility index (Phi) is 3.72. The van der Waals surface area contributed by atoms with Crippen LogP contribution in [0.1, 0.15) is 26.3 Å². The molecule has 1 aromatic rings. The SMILES string of the molecule is Cc1cc(C=O)c(O[Si](C)(C)C)c(C(=O)O)c1. The van der Waals surface area contributed by atoms with Crippen LogP contribution >= 0.6 is 0 Å². The maximum atomic E-state index is 11.1. The molecule has 0 aromatic heterocycles. The molecule has 92 valence electrons. The molecule has 1 N–H and O–H groups in total. The predicted octanol–water partition coefficient (Wildman–Crippen LogP) is 2.72. The molecule has 0 aliphatic carbocycles. The Bertz CT molecular complexity index is 460. The summed E-state index contributed by atoms with van der Waals surface area (Å²) in [4.78, 5) is 22.1. The first-order valence-corrected chi connectivity index (χ1v) is 8.67. The van der Waals surface area contributed by atoms with Crippen molar-refractivity contribution in [2.75, 3.05) is 0 Å². The summed E-state index contributed by atoms with van der Waals surface area (Å²) in [5.41, 5.74) is 1.08. The minimum atomic E-state index is -1.96. The fraction of sp³-hybridized carbons (Fsp3) is 0.333. The van der Waals surface area contributed by atoms with Gasteiger partial charge in [-0.05, 0) is 44.3 Å². The van der Waals surface area contributed by atoms with Gasteiger partial charge in [0.2, 0.25) is 8.32 Å². The molecule has 1 rings (SSSR count). The highest BCUT2D eigenvalue weighted by atomic mass is 28.4. The molecule has 0 unspecified atom stereocenters. The monoisotopic (exact) mass is 252 g/mol. The number of hydrogen-bond donors (Lipinski definition) is 1. The van der Waals surface area contributed by atoms with E-state index in [0.29, 0.717) is 11.8 Å². The zero-order valence-corrected chi connectivity index (χ0v) is 11.4. The Morgan fingerprint density at radius 2 is 1.94 bits per heavy atom. The van der Waals surface area contributed by atoms with Crippen molar-refractivity contribution >= 4 is 20.6 Å². The van der Waals surface area contributed by atoms with E-state index >= 15 is 0 Å². The van der Waals surface area contributed by atoms with E-state index < -0.39 is 14.3 Å². The topological polar surface area (TPSA) is 63.6 Å². The van der Waals surface area contributed by atoms with Crippen molar-refractivity contribution in [1.82, 2.24) is 0 Å². The quantitative estimate of drug-likeness (QED) is 0.661. The molecular formula is C12H16O4Si. The van der Waals surface area contributed by atoms with Crippen LogP contribution in [0.15, 0.2) is 12.1 Å². The molecular weight excluding hydrogens is 236 g/mol. The van der Waals surface area contributed by atoms with Crippen LogP contribution in [0.5, 0.6) is 5.75 Å². The summed E-state index contributed by atoms with van der Waals surface area (Å²) in [6.07, 6.45) is 0.634. The molecule has 0 saturated heterocycles. The van der Waals surface area contributed by atoms with E-state index in [0.717, 1.165) is 5.56 Å². The maximum Gasteiger partial charge on any atom is 0.339 e. The Hall–Kier alpha value is -1.62. The highest BCUT2D eigenvalue weighted by Gasteiger charge is 2.23. The second-order valence-corrected chi connectivity index (χ2v) is 9.30. The lowest BCUT2D eigenvalue weighted by Gasteiger charge is -2.22. The van der Waals surface area contributed by atoms with Crippen molar-refractivity contribution in [3.63, 3.8) is 0 Å². The highest BCUT2D eigenvalue weighted by molar-refractivity contribution is 6.70. The van der Waals surface area contributed by atoms with Gasteiger partial charge in [-0.25, -0.2) is 4.79 Å². The lowest BCUT2D eigenvalue weighted by Crippen LogP contribution is -2.30. The molecule has 17 heavy (non-hydrogen) atoms. The number of aromatic carboxylic acids is 1. The molecule has 5 heteroatoms. The number of aryl methyl sites for hydroxylation is 1. The Labute approximate surface area is 101 Å². The van der Waals surface area contributed by atoms with Crippen LogP contribution in [0, 0.1) is 6.92 Å². The van der Waals surface area contributed by atoms with Crippen LogP contribution in [0.2, 0.25) is 19.6 Å². The lowest BCUT2D eigenvalue weighted by atomic mass is 10.1. The third-order valence-electron chi connectivity index (χ3n) is 2.03. The molecule has 0 aliphatic rings. The first-order chi connectivity index (χ1) is 7.74. The van der Waals surface area contributed by atoms with Crippen LogP contribution < -0.4 is 4.43 Å². The molecule has 0 amide bonds. The molecule has 0 fully saturated rings. The number of carbonyl (C=O) groups excluding carboxylic acids is 1. The normalized spacial score (nSPS) is 11.1. The molecule has 1 aromatic carbocycles. The van der Waals surface area contributed by atoms with Crippen molar-refractivity contribution in [3.05, 3.63) is 28.8 Å². The van der Waals surface area contributed by atoms with Gasteiger partial charge in [-0.1, -0.05) is 0 Å².